The van der Waals surface area contributed by atoms with Crippen molar-refractivity contribution < 1.29 is 9.13 Å². The Bertz CT molecular complexity index is 678. The van der Waals surface area contributed by atoms with Crippen LogP contribution in [0.15, 0.2) is 34.8 Å². The molecule has 1 heterocycles. The average Bonchev–Trinajstić information content (AvgIpc) is 2.90. The first-order valence-corrected chi connectivity index (χ1v) is 7.89. The minimum atomic E-state index is -0.210. The number of nitrogens with one attached hydrogen (secondary N) is 1. The maximum absolute atomic E-state index is 13.7. The van der Waals surface area contributed by atoms with E-state index in [-0.39, 0.29) is 5.82 Å². The van der Waals surface area contributed by atoms with E-state index in [1.165, 1.54) is 6.07 Å². The molecule has 1 N–H and O–H groups in total. The highest BCUT2D eigenvalue weighted by Crippen LogP contribution is 2.32. The van der Waals surface area contributed by atoms with Crippen LogP contribution in [0.1, 0.15) is 16.7 Å². The molecule has 0 saturated heterocycles. The highest BCUT2D eigenvalue weighted by atomic mass is 79.9. The number of hydrogen-bond acceptors (Lipinski definition) is 2. The molecule has 110 valence electrons. The smallest absolute Gasteiger partial charge is 0.127 e. The summed E-state index contributed by atoms with van der Waals surface area (Å²) in [5.74, 6) is 0.708. The summed E-state index contributed by atoms with van der Waals surface area (Å²) >= 11 is 9.47. The van der Waals surface area contributed by atoms with Crippen LogP contribution in [0.2, 0.25) is 5.02 Å². The van der Waals surface area contributed by atoms with Gasteiger partial charge in [0.15, 0.2) is 0 Å². The van der Waals surface area contributed by atoms with Crippen LogP contribution >= 0.6 is 27.5 Å². The minimum Gasteiger partial charge on any atom is -0.493 e. The summed E-state index contributed by atoms with van der Waals surface area (Å²) in [6.07, 6.45) is 0.892. The number of halogens is 3. The second-order valence-corrected chi connectivity index (χ2v) is 6.34. The summed E-state index contributed by atoms with van der Waals surface area (Å²) in [4.78, 5) is 0. The van der Waals surface area contributed by atoms with E-state index < -0.39 is 0 Å². The third-order valence-corrected chi connectivity index (χ3v) is 4.18. The summed E-state index contributed by atoms with van der Waals surface area (Å²) in [6.45, 7) is 1.74. The van der Waals surface area contributed by atoms with Crippen LogP contribution in [0, 0.1) is 5.82 Å². The quantitative estimate of drug-likeness (QED) is 0.857. The average molecular weight is 371 g/mol. The van der Waals surface area contributed by atoms with Crippen molar-refractivity contribution in [3.63, 3.8) is 0 Å². The molecule has 0 atom stereocenters. The molecule has 0 amide bonds. The Morgan fingerprint density at radius 2 is 2.00 bits per heavy atom. The fraction of sp³-hybridized carbons (Fsp3) is 0.250. The van der Waals surface area contributed by atoms with Crippen LogP contribution in [-0.4, -0.2) is 6.61 Å². The Morgan fingerprint density at radius 1 is 1.19 bits per heavy atom. The lowest BCUT2D eigenvalue weighted by Crippen LogP contribution is -2.14. The lowest BCUT2D eigenvalue weighted by Gasteiger charge is -2.11. The Morgan fingerprint density at radius 3 is 2.86 bits per heavy atom. The summed E-state index contributed by atoms with van der Waals surface area (Å²) in [5.41, 5.74) is 2.79. The summed E-state index contributed by atoms with van der Waals surface area (Å²) < 4.78 is 20.2. The summed E-state index contributed by atoms with van der Waals surface area (Å²) in [7, 11) is 0. The topological polar surface area (TPSA) is 21.3 Å². The van der Waals surface area contributed by atoms with E-state index in [4.69, 9.17) is 16.3 Å². The first kappa shape index (κ1) is 14.8. The molecule has 1 aliphatic rings. The van der Waals surface area contributed by atoms with Crippen molar-refractivity contribution >= 4 is 27.5 Å². The maximum Gasteiger partial charge on any atom is 0.127 e. The standard InChI is InChI=1S/C16H14BrClFNO/c17-13-1-2-15(19)11(5-13)8-20-9-12-7-14(18)6-10-3-4-21-16(10)12/h1-2,5-7,20H,3-4,8-9H2. The first-order chi connectivity index (χ1) is 10.1. The van der Waals surface area contributed by atoms with Gasteiger partial charge in [0, 0.05) is 40.1 Å². The van der Waals surface area contributed by atoms with E-state index in [0.29, 0.717) is 30.3 Å². The molecule has 0 unspecified atom stereocenters. The molecule has 5 heteroatoms. The van der Waals surface area contributed by atoms with Crippen molar-refractivity contribution in [2.75, 3.05) is 6.61 Å². The molecule has 2 aromatic rings. The van der Waals surface area contributed by atoms with Gasteiger partial charge in [-0.2, -0.15) is 0 Å². The van der Waals surface area contributed by atoms with E-state index in [9.17, 15) is 4.39 Å². The number of benzene rings is 2. The molecule has 0 saturated carbocycles. The molecule has 0 bridgehead atoms. The van der Waals surface area contributed by atoms with Crippen molar-refractivity contribution in [1.29, 1.82) is 0 Å². The predicted octanol–water partition coefficient (Wildman–Crippen LogP) is 4.47. The monoisotopic (exact) mass is 369 g/mol. The minimum absolute atomic E-state index is 0.210. The van der Waals surface area contributed by atoms with Crippen LogP contribution in [-0.2, 0) is 19.5 Å². The molecule has 2 aromatic carbocycles. The van der Waals surface area contributed by atoms with Gasteiger partial charge in [-0.25, -0.2) is 4.39 Å². The van der Waals surface area contributed by atoms with Crippen molar-refractivity contribution in [2.45, 2.75) is 19.5 Å². The molecule has 0 fully saturated rings. The zero-order chi connectivity index (χ0) is 14.8. The zero-order valence-electron chi connectivity index (χ0n) is 11.3. The second-order valence-electron chi connectivity index (χ2n) is 4.99. The molecule has 0 radical (unpaired) electrons. The second kappa shape index (κ2) is 6.34. The fourth-order valence-corrected chi connectivity index (χ4v) is 3.16. The molecule has 2 nitrogen and oxygen atoms in total. The van der Waals surface area contributed by atoms with E-state index >= 15 is 0 Å². The third kappa shape index (κ3) is 3.39. The predicted molar refractivity (Wildman–Crippen MR) is 85.3 cm³/mol. The van der Waals surface area contributed by atoms with Crippen LogP contribution in [0.3, 0.4) is 0 Å². The molecule has 0 spiro atoms. The SMILES string of the molecule is Fc1ccc(Br)cc1CNCc1cc(Cl)cc2c1OCC2. The van der Waals surface area contributed by atoms with Crippen LogP contribution in [0.4, 0.5) is 4.39 Å². The van der Waals surface area contributed by atoms with Gasteiger partial charge in [-0.05, 0) is 35.9 Å². The van der Waals surface area contributed by atoms with Gasteiger partial charge in [-0.1, -0.05) is 27.5 Å². The van der Waals surface area contributed by atoms with Gasteiger partial charge in [0.1, 0.15) is 11.6 Å². The normalized spacial score (nSPS) is 13.1. The molecule has 21 heavy (non-hydrogen) atoms. The van der Waals surface area contributed by atoms with Crippen molar-refractivity contribution in [1.82, 2.24) is 5.32 Å². The molecule has 0 aliphatic carbocycles. The highest BCUT2D eigenvalue weighted by molar-refractivity contribution is 9.10. The molecular formula is C16H14BrClFNO. The molecule has 0 aromatic heterocycles. The molecule has 3 rings (SSSR count). The maximum atomic E-state index is 13.7. The Kier molecular flexibility index (Phi) is 4.48. The first-order valence-electron chi connectivity index (χ1n) is 6.72. The zero-order valence-corrected chi connectivity index (χ0v) is 13.6. The molecular weight excluding hydrogens is 357 g/mol. The lowest BCUT2D eigenvalue weighted by atomic mass is 10.1. The van der Waals surface area contributed by atoms with Crippen molar-refractivity contribution in [3.8, 4) is 5.75 Å². The lowest BCUT2D eigenvalue weighted by molar-refractivity contribution is 0.352. The van der Waals surface area contributed by atoms with Crippen LogP contribution < -0.4 is 10.1 Å². The largest absolute Gasteiger partial charge is 0.493 e. The molecule has 1 aliphatic heterocycles. The van der Waals surface area contributed by atoms with Gasteiger partial charge in [0.2, 0.25) is 0 Å². The van der Waals surface area contributed by atoms with Crippen molar-refractivity contribution in [2.24, 2.45) is 0 Å². The van der Waals surface area contributed by atoms with Crippen LogP contribution in [0.5, 0.6) is 5.75 Å². The number of fused-ring (bicyclic) bond motifs is 1. The Hall–Kier alpha value is -1.10. The van der Waals surface area contributed by atoms with Gasteiger partial charge >= 0.3 is 0 Å². The highest BCUT2D eigenvalue weighted by Gasteiger charge is 2.17. The number of rotatable bonds is 4. The third-order valence-electron chi connectivity index (χ3n) is 3.46. The van der Waals surface area contributed by atoms with Gasteiger partial charge in [-0.15, -0.1) is 0 Å². The van der Waals surface area contributed by atoms with Crippen molar-refractivity contribution in [3.05, 3.63) is 62.3 Å². The Balaban J connectivity index is 1.70. The summed E-state index contributed by atoms with van der Waals surface area (Å²) in [6, 6.07) is 8.77. The number of hydrogen-bond donors (Lipinski definition) is 1. The van der Waals surface area contributed by atoms with Gasteiger partial charge in [-0.3, -0.25) is 0 Å². The van der Waals surface area contributed by atoms with Gasteiger partial charge < -0.3 is 10.1 Å². The van der Waals surface area contributed by atoms with E-state index in [1.807, 2.05) is 12.1 Å². The van der Waals surface area contributed by atoms with E-state index in [1.54, 1.807) is 12.1 Å². The van der Waals surface area contributed by atoms with E-state index in [0.717, 1.165) is 27.8 Å². The Labute approximate surface area is 136 Å². The van der Waals surface area contributed by atoms with Gasteiger partial charge in [0.25, 0.3) is 0 Å². The number of ether oxygens (including phenoxy) is 1. The summed E-state index contributed by atoms with van der Waals surface area (Å²) in [5, 5.41) is 3.96. The van der Waals surface area contributed by atoms with Crippen LogP contribution in [0.25, 0.3) is 0 Å². The van der Waals surface area contributed by atoms with E-state index in [2.05, 4.69) is 21.2 Å². The van der Waals surface area contributed by atoms with Gasteiger partial charge in [0.05, 0.1) is 6.61 Å². The fourth-order valence-electron chi connectivity index (χ4n) is 2.49.